The Hall–Kier alpha value is -2.28. The Morgan fingerprint density at radius 1 is 1.10 bits per heavy atom. The largest absolute Gasteiger partial charge is 0.454 e. The van der Waals surface area contributed by atoms with Gasteiger partial charge in [-0.2, -0.15) is 0 Å². The molecule has 30 heavy (non-hydrogen) atoms. The number of benzene rings is 1. The van der Waals surface area contributed by atoms with Gasteiger partial charge in [0, 0.05) is 11.1 Å². The summed E-state index contributed by atoms with van der Waals surface area (Å²) in [5.74, 6) is 3.52. The van der Waals surface area contributed by atoms with Gasteiger partial charge in [0.1, 0.15) is 6.54 Å². The van der Waals surface area contributed by atoms with Crippen molar-refractivity contribution in [2.45, 2.75) is 63.6 Å². The van der Waals surface area contributed by atoms with E-state index in [0.717, 1.165) is 59.0 Å². The summed E-state index contributed by atoms with van der Waals surface area (Å²) in [5.41, 5.74) is 0.975. The lowest BCUT2D eigenvalue weighted by atomic mass is 9.53. The summed E-state index contributed by atoms with van der Waals surface area (Å²) in [5, 5.41) is 5.83. The Kier molecular flexibility index (Phi) is 4.88. The van der Waals surface area contributed by atoms with Crippen LogP contribution in [0.1, 0.15) is 51.0 Å². The minimum Gasteiger partial charge on any atom is -0.454 e. The third kappa shape index (κ3) is 3.75. The molecule has 3 amide bonds. The van der Waals surface area contributed by atoms with Crippen molar-refractivity contribution in [3.05, 3.63) is 23.8 Å². The van der Waals surface area contributed by atoms with Crippen molar-refractivity contribution in [3.63, 3.8) is 0 Å². The molecule has 1 aromatic carbocycles. The number of quaternary nitrogens is 1. The molecule has 0 spiro atoms. The molecule has 1 heterocycles. The topological polar surface area (TPSA) is 81.1 Å². The lowest BCUT2D eigenvalue weighted by Gasteiger charge is -2.56. The van der Waals surface area contributed by atoms with Gasteiger partial charge in [-0.1, -0.05) is 0 Å². The summed E-state index contributed by atoms with van der Waals surface area (Å²) < 4.78 is 10.8. The normalized spacial score (nSPS) is 32.5. The maximum atomic E-state index is 12.7. The highest BCUT2D eigenvalue weighted by Crippen LogP contribution is 2.55. The van der Waals surface area contributed by atoms with E-state index in [1.54, 1.807) is 0 Å². The van der Waals surface area contributed by atoms with Gasteiger partial charge in [-0.25, -0.2) is 4.79 Å². The molecule has 0 aromatic heterocycles. The number of nitrogens with one attached hydrogen (secondary N) is 3. The first-order chi connectivity index (χ1) is 14.4. The molecule has 7 nitrogen and oxygen atoms in total. The minimum absolute atomic E-state index is 0.0897. The monoisotopic (exact) mass is 414 g/mol. The van der Waals surface area contributed by atoms with Gasteiger partial charge >= 0.3 is 6.03 Å². The molecular weight excluding hydrogens is 382 g/mol. The van der Waals surface area contributed by atoms with Gasteiger partial charge in [0.05, 0.1) is 7.05 Å². The van der Waals surface area contributed by atoms with E-state index in [9.17, 15) is 9.59 Å². The molecule has 7 heteroatoms. The summed E-state index contributed by atoms with van der Waals surface area (Å²) in [7, 11) is 1.96. The zero-order valence-corrected chi connectivity index (χ0v) is 17.8. The first-order valence-corrected chi connectivity index (χ1v) is 11.2. The lowest BCUT2D eigenvalue weighted by Crippen LogP contribution is -3.12. The average Bonchev–Trinajstić information content (AvgIpc) is 3.13. The van der Waals surface area contributed by atoms with Gasteiger partial charge in [0.25, 0.3) is 5.91 Å². The zero-order chi connectivity index (χ0) is 20.9. The Balaban J connectivity index is 1.15. The Bertz CT molecular complexity index is 820. The van der Waals surface area contributed by atoms with E-state index in [-0.39, 0.29) is 30.3 Å². The molecule has 4 fully saturated rings. The van der Waals surface area contributed by atoms with Crippen LogP contribution >= 0.6 is 0 Å². The summed E-state index contributed by atoms with van der Waals surface area (Å²) >= 11 is 0. The van der Waals surface area contributed by atoms with Gasteiger partial charge < -0.3 is 19.7 Å². The van der Waals surface area contributed by atoms with Crippen LogP contribution in [-0.4, -0.2) is 37.4 Å². The predicted molar refractivity (Wildman–Crippen MR) is 110 cm³/mol. The van der Waals surface area contributed by atoms with Crippen LogP contribution in [0.5, 0.6) is 11.5 Å². The van der Waals surface area contributed by atoms with Gasteiger partial charge in [0.15, 0.2) is 17.5 Å². The molecule has 1 unspecified atom stereocenters. The highest BCUT2D eigenvalue weighted by atomic mass is 16.7. The van der Waals surface area contributed by atoms with E-state index in [2.05, 4.69) is 10.6 Å². The van der Waals surface area contributed by atoms with Crippen molar-refractivity contribution in [3.8, 4) is 11.5 Å². The van der Waals surface area contributed by atoms with Gasteiger partial charge in [-0.05, 0) is 81.4 Å². The van der Waals surface area contributed by atoms with Crippen molar-refractivity contribution in [1.29, 1.82) is 0 Å². The fraction of sp³-hybridized carbons (Fsp3) is 0.652. The molecule has 3 N–H and O–H groups in total. The highest BCUT2D eigenvalue weighted by Gasteiger charge is 2.51. The molecule has 0 radical (unpaired) electrons. The number of fused-ring (bicyclic) bond motifs is 1. The van der Waals surface area contributed by atoms with Crippen molar-refractivity contribution < 1.29 is 24.0 Å². The van der Waals surface area contributed by atoms with E-state index in [1.807, 2.05) is 32.2 Å². The smallest absolute Gasteiger partial charge is 0.322 e. The van der Waals surface area contributed by atoms with Crippen LogP contribution in [0.25, 0.3) is 0 Å². The van der Waals surface area contributed by atoms with E-state index < -0.39 is 0 Å². The number of hydrogen-bond donors (Lipinski definition) is 3. The second-order valence-electron chi connectivity index (χ2n) is 10.1. The fourth-order valence-corrected chi connectivity index (χ4v) is 6.51. The number of carbonyl (C=O) groups excluding carboxylic acids is 2. The second kappa shape index (κ2) is 7.45. The Morgan fingerprint density at radius 2 is 1.73 bits per heavy atom. The van der Waals surface area contributed by atoms with Crippen LogP contribution in [0, 0.1) is 17.8 Å². The molecule has 6 rings (SSSR count). The number of hydrogen-bond acceptors (Lipinski definition) is 4. The van der Waals surface area contributed by atoms with E-state index in [4.69, 9.17) is 9.47 Å². The molecule has 5 aliphatic rings. The van der Waals surface area contributed by atoms with Crippen LogP contribution < -0.4 is 25.0 Å². The number of ether oxygens (including phenoxy) is 2. The van der Waals surface area contributed by atoms with Crippen molar-refractivity contribution in [2.24, 2.45) is 17.8 Å². The SMILES string of the molecule is C[C@@H](C(=O)NC(=O)NC12CC3CC(CC(C3)C1)C2)[NH+](C)Cc1ccc2c(c1)OCO2. The fourth-order valence-electron chi connectivity index (χ4n) is 6.51. The van der Waals surface area contributed by atoms with Crippen molar-refractivity contribution >= 4 is 11.9 Å². The second-order valence-corrected chi connectivity index (χ2v) is 10.1. The van der Waals surface area contributed by atoms with Crippen LogP contribution in [0.4, 0.5) is 4.79 Å². The first kappa shape index (κ1) is 19.7. The number of amides is 3. The van der Waals surface area contributed by atoms with Crippen molar-refractivity contribution in [1.82, 2.24) is 10.6 Å². The number of likely N-dealkylation sites (N-methyl/N-ethyl adjacent to an activating group) is 1. The van der Waals surface area contributed by atoms with Crippen LogP contribution in [-0.2, 0) is 11.3 Å². The summed E-state index contributed by atoms with van der Waals surface area (Å²) in [4.78, 5) is 26.4. The number of imide groups is 1. The Labute approximate surface area is 177 Å². The highest BCUT2D eigenvalue weighted by molar-refractivity contribution is 5.96. The predicted octanol–water partition coefficient (Wildman–Crippen LogP) is 1.61. The molecule has 162 valence electrons. The quantitative estimate of drug-likeness (QED) is 0.684. The maximum absolute atomic E-state index is 12.7. The third-order valence-corrected chi connectivity index (χ3v) is 7.71. The third-order valence-electron chi connectivity index (χ3n) is 7.71. The summed E-state index contributed by atoms with van der Waals surface area (Å²) in [6.07, 6.45) is 7.20. The van der Waals surface area contributed by atoms with Crippen molar-refractivity contribution in [2.75, 3.05) is 13.8 Å². The Morgan fingerprint density at radius 3 is 2.40 bits per heavy atom. The van der Waals surface area contributed by atoms with Crippen LogP contribution in [0.3, 0.4) is 0 Å². The first-order valence-electron chi connectivity index (χ1n) is 11.2. The molecule has 4 aliphatic carbocycles. The summed E-state index contributed by atoms with van der Waals surface area (Å²) in [6, 6.07) is 5.16. The van der Waals surface area contributed by atoms with Crippen LogP contribution in [0.2, 0.25) is 0 Å². The number of rotatable bonds is 5. The van der Waals surface area contributed by atoms with Gasteiger partial charge in [-0.3, -0.25) is 10.1 Å². The number of urea groups is 1. The molecule has 0 saturated heterocycles. The van der Waals surface area contributed by atoms with Gasteiger partial charge in [0.2, 0.25) is 6.79 Å². The van der Waals surface area contributed by atoms with E-state index >= 15 is 0 Å². The molecule has 4 bridgehead atoms. The van der Waals surface area contributed by atoms with E-state index in [1.165, 1.54) is 19.3 Å². The molecule has 1 aromatic rings. The molecule has 1 aliphatic heterocycles. The van der Waals surface area contributed by atoms with Gasteiger partial charge in [-0.15, -0.1) is 0 Å². The zero-order valence-electron chi connectivity index (χ0n) is 17.8. The average molecular weight is 415 g/mol. The summed E-state index contributed by atoms with van der Waals surface area (Å²) in [6.45, 7) is 2.76. The standard InChI is InChI=1S/C23H31N3O4/c1-14(26(2)12-15-3-4-19-20(8-15)30-13-29-19)21(27)24-22(28)25-23-9-16-5-17(10-23)7-18(6-16)11-23/h3-4,8,14,16-18H,5-7,9-13H2,1-2H3,(H2,24,25,27,28)/p+1/t14-,16?,17?,18?,23?/m0/s1. The minimum atomic E-state index is -0.350. The van der Waals surface area contributed by atoms with E-state index in [0.29, 0.717) is 6.54 Å². The molecular formula is C23H32N3O4+. The molecule has 4 saturated carbocycles. The van der Waals surface area contributed by atoms with Crippen LogP contribution in [0.15, 0.2) is 18.2 Å². The molecule has 2 atom stereocenters. The maximum Gasteiger partial charge on any atom is 0.322 e. The number of carbonyl (C=O) groups is 2. The lowest BCUT2D eigenvalue weighted by molar-refractivity contribution is -0.908.